The van der Waals surface area contributed by atoms with Gasteiger partial charge in [-0.25, -0.2) is 14.8 Å². The minimum atomic E-state index is -0.0985. The molecule has 0 unspecified atom stereocenters. The van der Waals surface area contributed by atoms with Gasteiger partial charge in [0.15, 0.2) is 0 Å². The van der Waals surface area contributed by atoms with Crippen LogP contribution >= 0.6 is 0 Å². The second-order valence-corrected chi connectivity index (χ2v) is 9.40. The summed E-state index contributed by atoms with van der Waals surface area (Å²) in [7, 11) is 1.68. The monoisotopic (exact) mass is 487 g/mol. The summed E-state index contributed by atoms with van der Waals surface area (Å²) in [4.78, 5) is 27.3. The lowest BCUT2D eigenvalue weighted by molar-refractivity contribution is 0.122. The molecule has 188 valence electrons. The standard InChI is InChI=1S/C28H33N5O3/c1-19-8-9-23(20(2)16-19)30-28(34)33-11-10-24-22(18-33)27(32-12-14-36-15-13-32)31-26(29-24)17-21-6-4-5-7-25(21)35-3/h4-9,16H,10-15,17-18H2,1-3H3,(H,30,34). The minimum absolute atomic E-state index is 0.0985. The fraction of sp³-hybridized carbons (Fsp3) is 0.393. The van der Waals surface area contributed by atoms with E-state index in [9.17, 15) is 4.79 Å². The first-order valence-electron chi connectivity index (χ1n) is 12.5. The van der Waals surface area contributed by atoms with Crippen molar-refractivity contribution in [1.29, 1.82) is 0 Å². The van der Waals surface area contributed by atoms with E-state index in [-0.39, 0.29) is 6.03 Å². The molecule has 1 aromatic heterocycles. The maximum absolute atomic E-state index is 13.2. The van der Waals surface area contributed by atoms with Crippen LogP contribution in [-0.4, -0.2) is 60.9 Å². The molecule has 5 rings (SSSR count). The van der Waals surface area contributed by atoms with E-state index in [1.165, 1.54) is 5.56 Å². The Kier molecular flexibility index (Phi) is 7.04. The van der Waals surface area contributed by atoms with Gasteiger partial charge in [-0.1, -0.05) is 35.9 Å². The van der Waals surface area contributed by atoms with Crippen LogP contribution in [0.15, 0.2) is 42.5 Å². The number of anilines is 2. The fourth-order valence-electron chi connectivity index (χ4n) is 4.90. The molecule has 2 aromatic carbocycles. The summed E-state index contributed by atoms with van der Waals surface area (Å²) in [5.74, 6) is 2.52. The quantitative estimate of drug-likeness (QED) is 0.583. The summed E-state index contributed by atoms with van der Waals surface area (Å²) in [6, 6.07) is 13.9. The molecule has 0 bridgehead atoms. The molecule has 0 spiro atoms. The van der Waals surface area contributed by atoms with Crippen LogP contribution in [0.2, 0.25) is 0 Å². The molecule has 1 saturated heterocycles. The summed E-state index contributed by atoms with van der Waals surface area (Å²) in [5.41, 5.74) is 6.17. The fourth-order valence-corrected chi connectivity index (χ4v) is 4.90. The number of nitrogens with zero attached hydrogens (tertiary/aromatic N) is 4. The van der Waals surface area contributed by atoms with Gasteiger partial charge < -0.3 is 24.6 Å². The molecule has 0 radical (unpaired) electrons. The van der Waals surface area contributed by atoms with E-state index in [1.54, 1.807) is 7.11 Å². The SMILES string of the molecule is COc1ccccc1Cc1nc2c(c(N3CCOCC3)n1)CN(C(=O)Nc1ccc(C)cc1C)CC2. The average molecular weight is 488 g/mol. The van der Waals surface area contributed by atoms with Crippen molar-refractivity contribution in [3.05, 3.63) is 76.2 Å². The number of urea groups is 1. The average Bonchev–Trinajstić information content (AvgIpc) is 2.90. The third-order valence-electron chi connectivity index (χ3n) is 6.85. The number of aromatic nitrogens is 2. The number of hydrogen-bond acceptors (Lipinski definition) is 6. The maximum atomic E-state index is 13.2. The number of aryl methyl sites for hydroxylation is 2. The Bertz CT molecular complexity index is 1260. The molecule has 1 N–H and O–H groups in total. The molecule has 1 fully saturated rings. The van der Waals surface area contributed by atoms with Crippen molar-refractivity contribution in [2.45, 2.75) is 33.2 Å². The maximum Gasteiger partial charge on any atom is 0.322 e. The van der Waals surface area contributed by atoms with Crippen LogP contribution in [0.5, 0.6) is 5.75 Å². The number of carbonyl (C=O) groups is 1. The minimum Gasteiger partial charge on any atom is -0.496 e. The van der Waals surface area contributed by atoms with Crippen LogP contribution in [0.25, 0.3) is 0 Å². The molecule has 8 heteroatoms. The van der Waals surface area contributed by atoms with Crippen LogP contribution in [-0.2, 0) is 24.1 Å². The number of benzene rings is 2. The van der Waals surface area contributed by atoms with Crippen LogP contribution < -0.4 is 15.0 Å². The summed E-state index contributed by atoms with van der Waals surface area (Å²) in [6.45, 7) is 8.02. The number of fused-ring (bicyclic) bond motifs is 1. The van der Waals surface area contributed by atoms with Gasteiger partial charge in [-0.3, -0.25) is 0 Å². The number of amides is 2. The highest BCUT2D eigenvalue weighted by atomic mass is 16.5. The molecular formula is C28H33N5O3. The van der Waals surface area contributed by atoms with Crippen molar-refractivity contribution in [2.75, 3.05) is 50.2 Å². The number of ether oxygens (including phenoxy) is 2. The smallest absolute Gasteiger partial charge is 0.322 e. The Morgan fingerprint density at radius 3 is 2.67 bits per heavy atom. The molecule has 2 aliphatic rings. The molecule has 2 aliphatic heterocycles. The Hall–Kier alpha value is -3.65. The molecule has 0 atom stereocenters. The second kappa shape index (κ2) is 10.5. The molecule has 2 amide bonds. The lowest BCUT2D eigenvalue weighted by atomic mass is 10.0. The third kappa shape index (κ3) is 5.14. The Balaban J connectivity index is 1.42. The van der Waals surface area contributed by atoms with Crippen LogP contribution in [0.1, 0.15) is 33.8 Å². The number of hydrogen-bond donors (Lipinski definition) is 1. The molecular weight excluding hydrogens is 454 g/mol. The first kappa shape index (κ1) is 24.1. The van der Waals surface area contributed by atoms with Crippen LogP contribution in [0.3, 0.4) is 0 Å². The largest absolute Gasteiger partial charge is 0.496 e. The molecule has 36 heavy (non-hydrogen) atoms. The van der Waals surface area contributed by atoms with E-state index in [0.29, 0.717) is 39.1 Å². The van der Waals surface area contributed by atoms with Crippen molar-refractivity contribution in [2.24, 2.45) is 0 Å². The summed E-state index contributed by atoms with van der Waals surface area (Å²) in [6.07, 6.45) is 1.28. The van der Waals surface area contributed by atoms with E-state index in [2.05, 4.69) is 29.3 Å². The summed E-state index contributed by atoms with van der Waals surface area (Å²) >= 11 is 0. The zero-order valence-electron chi connectivity index (χ0n) is 21.2. The highest BCUT2D eigenvalue weighted by Crippen LogP contribution is 2.30. The van der Waals surface area contributed by atoms with Crippen LogP contribution in [0.4, 0.5) is 16.3 Å². The molecule has 3 heterocycles. The van der Waals surface area contributed by atoms with E-state index < -0.39 is 0 Å². The number of nitrogens with one attached hydrogen (secondary N) is 1. The van der Waals surface area contributed by atoms with E-state index in [1.807, 2.05) is 42.2 Å². The Labute approximate surface area is 212 Å². The lowest BCUT2D eigenvalue weighted by Gasteiger charge is -2.34. The highest BCUT2D eigenvalue weighted by molar-refractivity contribution is 5.90. The zero-order valence-corrected chi connectivity index (χ0v) is 21.2. The van der Waals surface area contributed by atoms with Crippen molar-refractivity contribution < 1.29 is 14.3 Å². The van der Waals surface area contributed by atoms with Gasteiger partial charge in [0.1, 0.15) is 17.4 Å². The van der Waals surface area contributed by atoms with Gasteiger partial charge in [0, 0.05) is 49.3 Å². The number of methoxy groups -OCH3 is 1. The Morgan fingerprint density at radius 2 is 1.89 bits per heavy atom. The van der Waals surface area contributed by atoms with Crippen molar-refractivity contribution in [3.63, 3.8) is 0 Å². The van der Waals surface area contributed by atoms with Crippen molar-refractivity contribution in [1.82, 2.24) is 14.9 Å². The van der Waals surface area contributed by atoms with Crippen LogP contribution in [0, 0.1) is 13.8 Å². The molecule has 0 aliphatic carbocycles. The number of rotatable bonds is 5. The zero-order chi connectivity index (χ0) is 25.1. The predicted molar refractivity (Wildman–Crippen MR) is 140 cm³/mol. The second-order valence-electron chi connectivity index (χ2n) is 9.40. The first-order valence-corrected chi connectivity index (χ1v) is 12.5. The van der Waals surface area contributed by atoms with Gasteiger partial charge in [0.05, 0.1) is 32.6 Å². The summed E-state index contributed by atoms with van der Waals surface area (Å²) < 4.78 is 11.1. The van der Waals surface area contributed by atoms with E-state index in [4.69, 9.17) is 19.4 Å². The van der Waals surface area contributed by atoms with Gasteiger partial charge >= 0.3 is 6.03 Å². The Morgan fingerprint density at radius 1 is 1.08 bits per heavy atom. The van der Waals surface area contributed by atoms with Gasteiger partial charge in [-0.05, 0) is 31.5 Å². The van der Waals surface area contributed by atoms with Crippen molar-refractivity contribution in [3.8, 4) is 5.75 Å². The van der Waals surface area contributed by atoms with Gasteiger partial charge in [-0.2, -0.15) is 0 Å². The first-order chi connectivity index (χ1) is 17.5. The lowest BCUT2D eigenvalue weighted by Crippen LogP contribution is -2.42. The van der Waals surface area contributed by atoms with Gasteiger partial charge in [-0.15, -0.1) is 0 Å². The number of morpholine rings is 1. The normalized spacial score (nSPS) is 15.4. The predicted octanol–water partition coefficient (Wildman–Crippen LogP) is 4.12. The topological polar surface area (TPSA) is 79.8 Å². The molecule has 3 aromatic rings. The van der Waals surface area contributed by atoms with E-state index in [0.717, 1.165) is 58.6 Å². The van der Waals surface area contributed by atoms with Crippen molar-refractivity contribution >= 4 is 17.5 Å². The number of carbonyl (C=O) groups excluding carboxylic acids is 1. The van der Waals surface area contributed by atoms with Gasteiger partial charge in [0.2, 0.25) is 0 Å². The number of para-hydroxylation sites is 1. The van der Waals surface area contributed by atoms with E-state index >= 15 is 0 Å². The third-order valence-corrected chi connectivity index (χ3v) is 6.85. The summed E-state index contributed by atoms with van der Waals surface area (Å²) in [5, 5.41) is 3.09. The highest BCUT2D eigenvalue weighted by Gasteiger charge is 2.28. The molecule has 0 saturated carbocycles. The van der Waals surface area contributed by atoms with Gasteiger partial charge in [0.25, 0.3) is 0 Å². The molecule has 8 nitrogen and oxygen atoms in total.